The zero-order valence-corrected chi connectivity index (χ0v) is 14.9. The van der Waals surface area contributed by atoms with Gasteiger partial charge in [-0.05, 0) is 0 Å². The van der Waals surface area contributed by atoms with Gasteiger partial charge < -0.3 is 15.3 Å². The van der Waals surface area contributed by atoms with E-state index in [1.807, 2.05) is 0 Å². The Hall–Kier alpha value is 0.0743. The molecular formula is C15H28O3Ti. The van der Waals surface area contributed by atoms with Gasteiger partial charge in [-0.3, -0.25) is 0 Å². The Morgan fingerprint density at radius 3 is 1.21 bits per heavy atom. The first-order valence-electron chi connectivity index (χ1n) is 6.56. The third-order valence-corrected chi connectivity index (χ3v) is 2.10. The van der Waals surface area contributed by atoms with Crippen molar-refractivity contribution in [3.63, 3.8) is 0 Å². The topological polar surface area (TPSA) is 69.2 Å². The van der Waals surface area contributed by atoms with Gasteiger partial charge in [-0.25, -0.2) is 0 Å². The molecule has 4 heteroatoms. The van der Waals surface area contributed by atoms with E-state index in [0.717, 1.165) is 0 Å². The fourth-order valence-electron chi connectivity index (χ4n) is 0.615. The Balaban J connectivity index is -0.000000189. The first-order valence-corrected chi connectivity index (χ1v) is 7.34. The van der Waals surface area contributed by atoms with Crippen molar-refractivity contribution < 1.29 is 35.8 Å². The second kappa shape index (κ2) is 16.1. The van der Waals surface area contributed by atoms with Gasteiger partial charge in [0.1, 0.15) is 0 Å². The minimum absolute atomic E-state index is 0.417. The summed E-state index contributed by atoms with van der Waals surface area (Å²) in [6.45, 7) is 11.8. The summed E-state index contributed by atoms with van der Waals surface area (Å²) in [5, 5.41) is 28.6. The Morgan fingerprint density at radius 1 is 0.895 bits per heavy atom. The van der Waals surface area contributed by atoms with E-state index in [4.69, 9.17) is 0 Å². The summed E-state index contributed by atoms with van der Waals surface area (Å²) in [6, 6.07) is 0. The summed E-state index contributed by atoms with van der Waals surface area (Å²) in [5.74, 6) is 0. The average molecular weight is 304 g/mol. The van der Waals surface area contributed by atoms with Crippen molar-refractivity contribution in [2.45, 2.75) is 73.2 Å². The predicted octanol–water partition coefficient (Wildman–Crippen LogP) is 1.03. The maximum atomic E-state index is 9.53. The van der Waals surface area contributed by atoms with Crippen LogP contribution < -0.4 is 15.3 Å². The molecule has 0 spiro atoms. The van der Waals surface area contributed by atoms with E-state index in [9.17, 15) is 15.3 Å². The second-order valence-electron chi connectivity index (χ2n) is 4.91. The number of allylic oxidation sites excluding steroid dienone is 4. The van der Waals surface area contributed by atoms with Gasteiger partial charge in [0, 0.05) is 0 Å². The summed E-state index contributed by atoms with van der Waals surface area (Å²) in [5.41, 5.74) is 1.44. The number of hydrogen-bond donors (Lipinski definition) is 0. The van der Waals surface area contributed by atoms with Crippen LogP contribution in [0.1, 0.15) is 54.9 Å². The van der Waals surface area contributed by atoms with Gasteiger partial charge in [0.2, 0.25) is 0 Å². The summed E-state index contributed by atoms with van der Waals surface area (Å²) in [4.78, 5) is 0. The molecule has 110 valence electrons. The standard InChI is InChI=1S/C6H7.3C3H7O.Ti/c1-6-4-2-3-5-6;3*1-3(2)4;/h2,4H,3H2,1H3;3*3H,1-2H3;/q;3*-1;+3. The molecule has 0 atom stereocenters. The van der Waals surface area contributed by atoms with Crippen molar-refractivity contribution in [2.24, 2.45) is 0 Å². The fourth-order valence-corrected chi connectivity index (χ4v) is 0.929. The Morgan fingerprint density at radius 2 is 1.16 bits per heavy atom. The van der Waals surface area contributed by atoms with Gasteiger partial charge >= 0.3 is 55.4 Å². The minimum atomic E-state index is -0.417. The molecule has 0 bridgehead atoms. The van der Waals surface area contributed by atoms with Crippen molar-refractivity contribution in [1.82, 2.24) is 0 Å². The molecule has 19 heavy (non-hydrogen) atoms. The Bertz CT molecular complexity index is 221. The van der Waals surface area contributed by atoms with Crippen LogP contribution in [0.3, 0.4) is 0 Å². The molecule has 0 aromatic rings. The molecule has 1 aliphatic carbocycles. The summed E-state index contributed by atoms with van der Waals surface area (Å²) in [6.07, 6.45) is 4.30. The van der Waals surface area contributed by atoms with Gasteiger partial charge in [0.15, 0.2) is 0 Å². The first kappa shape index (κ1) is 24.1. The molecule has 0 saturated carbocycles. The van der Waals surface area contributed by atoms with E-state index in [0.29, 0.717) is 0 Å². The van der Waals surface area contributed by atoms with Gasteiger partial charge in [-0.2, -0.15) is 0 Å². The monoisotopic (exact) mass is 304 g/mol. The van der Waals surface area contributed by atoms with Crippen LogP contribution >= 0.6 is 0 Å². The number of rotatable bonds is 0. The van der Waals surface area contributed by atoms with Crippen molar-refractivity contribution in [2.75, 3.05) is 0 Å². The average Bonchev–Trinajstić information content (AvgIpc) is 2.47. The van der Waals surface area contributed by atoms with Crippen LogP contribution in [-0.4, -0.2) is 18.3 Å². The van der Waals surface area contributed by atoms with Crippen LogP contribution in [0.5, 0.6) is 0 Å². The molecule has 0 fully saturated rings. The van der Waals surface area contributed by atoms with Crippen LogP contribution in [0.4, 0.5) is 0 Å². The summed E-state index contributed by atoms with van der Waals surface area (Å²) < 4.78 is 1.51. The maximum absolute atomic E-state index is 9.53. The van der Waals surface area contributed by atoms with Crippen LogP contribution in [0.2, 0.25) is 0 Å². The van der Waals surface area contributed by atoms with Gasteiger partial charge in [-0.15, -0.1) is 18.3 Å². The number of hydrogen-bond acceptors (Lipinski definition) is 3. The molecule has 0 radical (unpaired) electrons. The van der Waals surface area contributed by atoms with Crippen molar-refractivity contribution in [3.05, 3.63) is 21.6 Å². The van der Waals surface area contributed by atoms with Gasteiger partial charge in [-0.1, -0.05) is 41.5 Å². The molecule has 0 saturated heterocycles. The molecule has 1 aliphatic rings. The molecule has 0 aliphatic heterocycles. The quantitative estimate of drug-likeness (QED) is 0.628. The molecule has 0 aromatic carbocycles. The second-order valence-corrected chi connectivity index (χ2v) is 5.86. The van der Waals surface area contributed by atoms with Crippen LogP contribution in [0.15, 0.2) is 21.6 Å². The van der Waals surface area contributed by atoms with Crippen molar-refractivity contribution in [1.29, 1.82) is 0 Å². The van der Waals surface area contributed by atoms with E-state index in [2.05, 4.69) is 39.5 Å². The van der Waals surface area contributed by atoms with E-state index in [1.54, 1.807) is 41.5 Å². The normalized spacial score (nSPS) is 12.8. The van der Waals surface area contributed by atoms with Gasteiger partial charge in [0.05, 0.1) is 0 Å². The predicted molar refractivity (Wildman–Crippen MR) is 71.9 cm³/mol. The summed E-state index contributed by atoms with van der Waals surface area (Å²) in [7, 11) is 0. The SMILES string of the molecule is CC(C)[O-].CC(C)[O-].CC(C)[O-].CC1=[C]([Ti+3])CC=C1. The zero-order chi connectivity index (χ0) is 16.0. The third kappa shape index (κ3) is 46.0. The Labute approximate surface area is 130 Å². The molecule has 1 rings (SSSR count). The van der Waals surface area contributed by atoms with E-state index in [-0.39, 0.29) is 0 Å². The zero-order valence-electron chi connectivity index (χ0n) is 13.3. The fraction of sp³-hybridized carbons (Fsp3) is 0.733. The third-order valence-electron chi connectivity index (χ3n) is 1.17. The molecule has 0 aromatic heterocycles. The van der Waals surface area contributed by atoms with E-state index < -0.39 is 18.3 Å². The molecule has 0 unspecified atom stereocenters. The van der Waals surface area contributed by atoms with Crippen LogP contribution in [0.25, 0.3) is 0 Å². The molecule has 0 heterocycles. The van der Waals surface area contributed by atoms with Crippen LogP contribution in [0, 0.1) is 0 Å². The molecule has 0 amide bonds. The molecule has 0 N–H and O–H groups in total. The van der Waals surface area contributed by atoms with Crippen molar-refractivity contribution in [3.8, 4) is 0 Å². The van der Waals surface area contributed by atoms with E-state index >= 15 is 0 Å². The first-order chi connectivity index (χ1) is 8.50. The van der Waals surface area contributed by atoms with Gasteiger partial charge in [0.25, 0.3) is 0 Å². The molecule has 3 nitrogen and oxygen atoms in total. The van der Waals surface area contributed by atoms with E-state index in [1.165, 1.54) is 15.9 Å². The Kier molecular flexibility index (Phi) is 20.5. The van der Waals surface area contributed by atoms with Crippen LogP contribution in [-0.2, 0) is 20.4 Å². The summed E-state index contributed by atoms with van der Waals surface area (Å²) >= 11 is 2.18. The van der Waals surface area contributed by atoms with Crippen molar-refractivity contribution >= 4 is 0 Å². The molecular weight excluding hydrogens is 276 g/mol.